The smallest absolute Gasteiger partial charge is 0.118 e. The summed E-state index contributed by atoms with van der Waals surface area (Å²) in [6, 6.07) is 7.10. The van der Waals surface area contributed by atoms with Gasteiger partial charge >= 0.3 is 0 Å². The van der Waals surface area contributed by atoms with Crippen LogP contribution in [0, 0.1) is 6.54 Å². The number of aliphatic hydroxyl groups is 1. The number of aliphatic hydroxyl groups excluding tert-OH is 1. The summed E-state index contributed by atoms with van der Waals surface area (Å²) in [7, 11) is 1.60. The van der Waals surface area contributed by atoms with E-state index in [1.165, 1.54) is 6.54 Å². The van der Waals surface area contributed by atoms with Crippen molar-refractivity contribution in [3.05, 3.63) is 36.4 Å². The van der Waals surface area contributed by atoms with Gasteiger partial charge in [-0.1, -0.05) is 12.1 Å². The first kappa shape index (κ1) is 13.0. The van der Waals surface area contributed by atoms with Crippen molar-refractivity contribution in [2.75, 3.05) is 7.11 Å². The van der Waals surface area contributed by atoms with Gasteiger partial charge in [0.15, 0.2) is 0 Å². The Labute approximate surface area is 103 Å². The van der Waals surface area contributed by atoms with Gasteiger partial charge in [-0.3, -0.25) is 0 Å². The van der Waals surface area contributed by atoms with Gasteiger partial charge in [-0.05, 0) is 23.8 Å². The van der Waals surface area contributed by atoms with Crippen molar-refractivity contribution in [1.82, 2.24) is 0 Å². The van der Waals surface area contributed by atoms with Gasteiger partial charge in [0, 0.05) is 32.7 Å². The molecule has 0 aliphatic carbocycles. The fraction of sp³-hybridized carbons (Fsp3) is 0.222. The van der Waals surface area contributed by atoms with Crippen LogP contribution in [0.25, 0.3) is 0 Å². The fourth-order valence-corrected chi connectivity index (χ4v) is 0.912. The number of benzene rings is 1. The van der Waals surface area contributed by atoms with Gasteiger partial charge in [-0.15, -0.1) is 0 Å². The Kier molecular flexibility index (Phi) is 6.51. The minimum Gasteiger partial charge on any atom is -0.497 e. The number of hydrogen-bond donors (Lipinski definition) is 2. The van der Waals surface area contributed by atoms with E-state index in [1.807, 2.05) is 0 Å². The zero-order valence-corrected chi connectivity index (χ0v) is 10.3. The van der Waals surface area contributed by atoms with Crippen LogP contribution in [0.3, 0.4) is 0 Å². The molecule has 0 saturated carbocycles. The standard InChI is InChI=1S/C9H12NO2.Y/c1-12-8-4-2-7(3-5-8)9(11)6-10;/h2-6,9,11H,10H2,1H3;/q-1;. The molecule has 1 atom stereocenters. The Morgan fingerprint density at radius 2 is 1.92 bits per heavy atom. The van der Waals surface area contributed by atoms with Crippen LogP contribution in [-0.2, 0) is 32.7 Å². The second-order valence-corrected chi connectivity index (χ2v) is 2.41. The summed E-state index contributed by atoms with van der Waals surface area (Å²) in [6.45, 7) is 1.24. The first-order chi connectivity index (χ1) is 5.77. The zero-order valence-electron chi connectivity index (χ0n) is 7.47. The number of methoxy groups -OCH3 is 1. The maximum atomic E-state index is 9.27. The molecule has 1 aromatic rings. The molecular weight excluding hydrogens is 243 g/mol. The SMILES string of the molecule is COc1ccc(C(O)[CH-]N)cc1.[Y]. The van der Waals surface area contributed by atoms with Crippen LogP contribution < -0.4 is 10.5 Å². The molecule has 0 aliphatic rings. The van der Waals surface area contributed by atoms with Crippen molar-refractivity contribution in [3.8, 4) is 5.75 Å². The van der Waals surface area contributed by atoms with Crippen molar-refractivity contribution in [1.29, 1.82) is 0 Å². The summed E-state index contributed by atoms with van der Waals surface area (Å²) in [4.78, 5) is 0. The van der Waals surface area contributed by atoms with Gasteiger partial charge in [0.25, 0.3) is 0 Å². The molecule has 0 heterocycles. The molecule has 4 heteroatoms. The molecule has 3 N–H and O–H groups in total. The summed E-state index contributed by atoms with van der Waals surface area (Å²) in [5.74, 6) is 0.767. The van der Waals surface area contributed by atoms with Gasteiger partial charge in [0.2, 0.25) is 0 Å². The quantitative estimate of drug-likeness (QED) is 0.787. The van der Waals surface area contributed by atoms with E-state index in [0.29, 0.717) is 0 Å². The van der Waals surface area contributed by atoms with E-state index in [0.717, 1.165) is 11.3 Å². The molecule has 0 amide bonds. The van der Waals surface area contributed by atoms with Crippen molar-refractivity contribution in [3.63, 3.8) is 0 Å². The Bertz CT molecular complexity index is 238. The first-order valence-electron chi connectivity index (χ1n) is 3.65. The molecule has 1 rings (SSSR count). The molecule has 0 aromatic heterocycles. The van der Waals surface area contributed by atoms with E-state index < -0.39 is 6.10 Å². The van der Waals surface area contributed by atoms with Gasteiger partial charge in [-0.2, -0.15) is 0 Å². The van der Waals surface area contributed by atoms with E-state index in [-0.39, 0.29) is 32.7 Å². The molecule has 69 valence electrons. The molecule has 13 heavy (non-hydrogen) atoms. The summed E-state index contributed by atoms with van der Waals surface area (Å²) in [5.41, 5.74) is 5.93. The van der Waals surface area contributed by atoms with Crippen molar-refractivity contribution >= 4 is 0 Å². The van der Waals surface area contributed by atoms with Crippen LogP contribution >= 0.6 is 0 Å². The minimum atomic E-state index is -0.698. The van der Waals surface area contributed by atoms with E-state index in [9.17, 15) is 5.11 Å². The number of nitrogens with two attached hydrogens (primary N) is 1. The van der Waals surface area contributed by atoms with Gasteiger partial charge in [0.05, 0.1) is 7.11 Å². The van der Waals surface area contributed by atoms with Crippen molar-refractivity contribution in [2.24, 2.45) is 5.73 Å². The molecule has 0 spiro atoms. The number of hydrogen-bond acceptors (Lipinski definition) is 3. The molecular formula is C9H12NO2Y-. The summed E-state index contributed by atoms with van der Waals surface area (Å²) in [5, 5.41) is 9.27. The third kappa shape index (κ3) is 3.73. The largest absolute Gasteiger partial charge is 0.497 e. The van der Waals surface area contributed by atoms with Crippen LogP contribution in [0.5, 0.6) is 5.75 Å². The Balaban J connectivity index is 0.00000144. The van der Waals surface area contributed by atoms with Crippen LogP contribution in [0.2, 0.25) is 0 Å². The van der Waals surface area contributed by atoms with Crippen molar-refractivity contribution < 1.29 is 42.6 Å². The molecule has 0 saturated heterocycles. The van der Waals surface area contributed by atoms with E-state index in [2.05, 4.69) is 0 Å². The summed E-state index contributed by atoms with van der Waals surface area (Å²) in [6.07, 6.45) is -0.698. The number of rotatable bonds is 3. The molecule has 0 aliphatic heterocycles. The maximum absolute atomic E-state index is 9.27. The fourth-order valence-electron chi connectivity index (χ4n) is 0.912. The first-order valence-corrected chi connectivity index (χ1v) is 3.65. The predicted octanol–water partition coefficient (Wildman–Crippen LogP) is 0.847. The molecule has 0 fully saturated rings. The Hall–Kier alpha value is 0.0439. The van der Waals surface area contributed by atoms with Crippen molar-refractivity contribution in [2.45, 2.75) is 6.10 Å². The second kappa shape index (κ2) is 6.49. The summed E-state index contributed by atoms with van der Waals surface area (Å²) < 4.78 is 4.96. The summed E-state index contributed by atoms with van der Waals surface area (Å²) >= 11 is 0. The Morgan fingerprint density at radius 1 is 1.38 bits per heavy atom. The van der Waals surface area contributed by atoms with Gasteiger partial charge in [-0.25, -0.2) is 6.54 Å². The second-order valence-electron chi connectivity index (χ2n) is 2.41. The average Bonchev–Trinajstić information content (AvgIpc) is 2.17. The number of ether oxygens (including phenoxy) is 1. The monoisotopic (exact) mass is 255 g/mol. The normalized spacial score (nSPS) is 11.6. The van der Waals surface area contributed by atoms with E-state index in [4.69, 9.17) is 10.5 Å². The molecule has 0 bridgehead atoms. The van der Waals surface area contributed by atoms with Crippen LogP contribution in [0.1, 0.15) is 11.7 Å². The third-order valence-electron chi connectivity index (χ3n) is 1.64. The van der Waals surface area contributed by atoms with Gasteiger partial charge < -0.3 is 15.6 Å². The average molecular weight is 255 g/mol. The Morgan fingerprint density at radius 3 is 2.31 bits per heavy atom. The topological polar surface area (TPSA) is 55.5 Å². The molecule has 3 nitrogen and oxygen atoms in total. The molecule has 1 aromatic carbocycles. The van der Waals surface area contributed by atoms with Crippen LogP contribution in [-0.4, -0.2) is 12.2 Å². The van der Waals surface area contributed by atoms with Gasteiger partial charge in [0.1, 0.15) is 5.75 Å². The minimum absolute atomic E-state index is 0. The van der Waals surface area contributed by atoms with Crippen LogP contribution in [0.15, 0.2) is 24.3 Å². The zero-order chi connectivity index (χ0) is 8.97. The third-order valence-corrected chi connectivity index (χ3v) is 1.64. The predicted molar refractivity (Wildman–Crippen MR) is 46.4 cm³/mol. The van der Waals surface area contributed by atoms with Crippen LogP contribution in [0.4, 0.5) is 0 Å². The maximum Gasteiger partial charge on any atom is 0.118 e. The van der Waals surface area contributed by atoms with E-state index >= 15 is 0 Å². The molecule has 1 radical (unpaired) electrons. The van der Waals surface area contributed by atoms with E-state index in [1.54, 1.807) is 31.4 Å². The molecule has 1 unspecified atom stereocenters.